The zero-order valence-electron chi connectivity index (χ0n) is 10.8. The molecule has 0 saturated carbocycles. The number of hydrogen-bond acceptors (Lipinski definition) is 5. The van der Waals surface area contributed by atoms with Crippen LogP contribution in [0, 0.1) is 6.92 Å². The van der Waals surface area contributed by atoms with Gasteiger partial charge < -0.3 is 11.1 Å². The van der Waals surface area contributed by atoms with Gasteiger partial charge in [0, 0.05) is 10.1 Å². The summed E-state index contributed by atoms with van der Waals surface area (Å²) in [5, 5.41) is 3.67. The van der Waals surface area contributed by atoms with Crippen LogP contribution in [0.4, 0.5) is 11.4 Å². The van der Waals surface area contributed by atoms with Crippen LogP contribution >= 0.6 is 11.3 Å². The highest BCUT2D eigenvalue weighted by Gasteiger charge is 2.17. The van der Waals surface area contributed by atoms with Crippen molar-refractivity contribution in [2.24, 2.45) is 0 Å². The Hall–Kier alpha value is -2.47. The Balaban J connectivity index is 2.00. The highest BCUT2D eigenvalue weighted by atomic mass is 32.1. The first kappa shape index (κ1) is 12.6. The number of aromatic nitrogens is 2. The van der Waals surface area contributed by atoms with E-state index >= 15 is 0 Å². The van der Waals surface area contributed by atoms with Gasteiger partial charge in [0.25, 0.3) is 5.91 Å². The second kappa shape index (κ2) is 4.90. The number of carbonyl (C=O) groups excluding carboxylic acids is 1. The quantitative estimate of drug-likeness (QED) is 0.758. The van der Waals surface area contributed by atoms with Crippen molar-refractivity contribution in [1.82, 2.24) is 9.97 Å². The van der Waals surface area contributed by atoms with Crippen molar-refractivity contribution in [3.63, 3.8) is 0 Å². The van der Waals surface area contributed by atoms with Crippen molar-refractivity contribution in [2.45, 2.75) is 6.92 Å². The lowest BCUT2D eigenvalue weighted by atomic mass is 10.1. The molecule has 2 aromatic heterocycles. The molecule has 0 saturated heterocycles. The second-order valence-electron chi connectivity index (χ2n) is 4.38. The molecule has 0 fully saturated rings. The SMILES string of the molecule is Cc1cccc2c(N)c(C(=O)Nc3cncnc3)sc12. The first-order valence-electron chi connectivity index (χ1n) is 6.01. The monoisotopic (exact) mass is 284 g/mol. The van der Waals surface area contributed by atoms with Crippen molar-refractivity contribution in [3.8, 4) is 0 Å². The lowest BCUT2D eigenvalue weighted by molar-refractivity contribution is 0.103. The van der Waals surface area contributed by atoms with E-state index in [9.17, 15) is 4.79 Å². The van der Waals surface area contributed by atoms with E-state index in [0.29, 0.717) is 16.3 Å². The van der Waals surface area contributed by atoms with Crippen LogP contribution in [-0.4, -0.2) is 15.9 Å². The van der Waals surface area contributed by atoms with Gasteiger partial charge in [0.05, 0.1) is 23.8 Å². The summed E-state index contributed by atoms with van der Waals surface area (Å²) in [6.45, 7) is 2.00. The Labute approximate surface area is 119 Å². The molecule has 20 heavy (non-hydrogen) atoms. The number of hydrogen-bond donors (Lipinski definition) is 2. The molecule has 1 aromatic carbocycles. The number of rotatable bonds is 2. The standard InChI is InChI=1S/C14H12N4OS/c1-8-3-2-4-10-11(15)13(20-12(8)10)14(19)18-9-5-16-7-17-6-9/h2-7H,15H2,1H3,(H,18,19). The summed E-state index contributed by atoms with van der Waals surface area (Å²) in [5.74, 6) is -0.238. The predicted octanol–water partition coefficient (Wildman–Crippen LogP) is 2.83. The minimum absolute atomic E-state index is 0.238. The topological polar surface area (TPSA) is 80.9 Å². The third-order valence-corrected chi connectivity index (χ3v) is 4.33. The van der Waals surface area contributed by atoms with Crippen LogP contribution in [0.3, 0.4) is 0 Å². The van der Waals surface area contributed by atoms with Crippen molar-refractivity contribution in [1.29, 1.82) is 0 Å². The molecule has 0 atom stereocenters. The number of nitrogens with zero attached hydrogens (tertiary/aromatic N) is 2. The van der Waals surface area contributed by atoms with Gasteiger partial charge in [-0.15, -0.1) is 11.3 Å². The van der Waals surface area contributed by atoms with Crippen LogP contribution in [0.5, 0.6) is 0 Å². The van der Waals surface area contributed by atoms with E-state index in [1.54, 1.807) is 12.4 Å². The van der Waals surface area contributed by atoms with E-state index in [4.69, 9.17) is 5.73 Å². The normalized spacial score (nSPS) is 10.7. The van der Waals surface area contributed by atoms with E-state index < -0.39 is 0 Å². The van der Waals surface area contributed by atoms with E-state index in [2.05, 4.69) is 15.3 Å². The Morgan fingerprint density at radius 3 is 2.75 bits per heavy atom. The predicted molar refractivity (Wildman–Crippen MR) is 81.0 cm³/mol. The number of fused-ring (bicyclic) bond motifs is 1. The summed E-state index contributed by atoms with van der Waals surface area (Å²) in [6.07, 6.45) is 4.49. The van der Waals surface area contributed by atoms with Crippen LogP contribution in [0.15, 0.2) is 36.9 Å². The van der Waals surface area contributed by atoms with Gasteiger partial charge in [0.15, 0.2) is 0 Å². The van der Waals surface area contributed by atoms with Gasteiger partial charge >= 0.3 is 0 Å². The van der Waals surface area contributed by atoms with Crippen LogP contribution < -0.4 is 11.1 Å². The number of thiophene rings is 1. The third-order valence-electron chi connectivity index (χ3n) is 2.98. The largest absolute Gasteiger partial charge is 0.397 e. The maximum atomic E-state index is 12.3. The summed E-state index contributed by atoms with van der Waals surface area (Å²) >= 11 is 1.40. The molecule has 0 spiro atoms. The minimum atomic E-state index is -0.238. The lowest BCUT2D eigenvalue weighted by Gasteiger charge is -2.02. The number of nitrogen functional groups attached to an aromatic ring is 1. The molecule has 0 bridgehead atoms. The van der Waals surface area contributed by atoms with E-state index in [1.165, 1.54) is 17.7 Å². The number of aryl methyl sites for hydroxylation is 1. The van der Waals surface area contributed by atoms with Gasteiger partial charge in [-0.2, -0.15) is 0 Å². The van der Waals surface area contributed by atoms with Gasteiger partial charge in [0.1, 0.15) is 11.2 Å². The molecule has 100 valence electrons. The Kier molecular flexibility index (Phi) is 3.08. The number of benzene rings is 1. The molecular weight excluding hydrogens is 272 g/mol. The molecule has 3 aromatic rings. The molecule has 0 unspecified atom stereocenters. The second-order valence-corrected chi connectivity index (χ2v) is 5.40. The maximum absolute atomic E-state index is 12.3. The van der Waals surface area contributed by atoms with Crippen LogP contribution in [-0.2, 0) is 0 Å². The summed E-state index contributed by atoms with van der Waals surface area (Å²) in [7, 11) is 0. The Morgan fingerprint density at radius 1 is 1.30 bits per heavy atom. The van der Waals surface area contributed by atoms with Crippen LogP contribution in [0.25, 0.3) is 10.1 Å². The first-order chi connectivity index (χ1) is 9.66. The Morgan fingerprint density at radius 2 is 2.05 bits per heavy atom. The highest BCUT2D eigenvalue weighted by Crippen LogP contribution is 2.35. The molecule has 0 aliphatic carbocycles. The molecule has 0 aliphatic rings. The number of nitrogens with two attached hydrogens (primary N) is 1. The zero-order chi connectivity index (χ0) is 14.1. The van der Waals surface area contributed by atoms with E-state index in [1.807, 2.05) is 25.1 Å². The molecular formula is C14H12N4OS. The molecule has 0 radical (unpaired) electrons. The summed E-state index contributed by atoms with van der Waals surface area (Å²) in [4.78, 5) is 20.5. The van der Waals surface area contributed by atoms with Crippen LogP contribution in [0.1, 0.15) is 15.2 Å². The summed E-state index contributed by atoms with van der Waals surface area (Å²) < 4.78 is 1.04. The van der Waals surface area contributed by atoms with Gasteiger partial charge in [-0.25, -0.2) is 9.97 Å². The zero-order valence-corrected chi connectivity index (χ0v) is 11.6. The number of carbonyl (C=O) groups is 1. The summed E-state index contributed by atoms with van der Waals surface area (Å²) in [6, 6.07) is 5.87. The highest BCUT2D eigenvalue weighted by molar-refractivity contribution is 7.21. The van der Waals surface area contributed by atoms with Crippen molar-refractivity contribution < 1.29 is 4.79 Å². The number of anilines is 2. The summed E-state index contributed by atoms with van der Waals surface area (Å²) in [5.41, 5.74) is 8.26. The minimum Gasteiger partial charge on any atom is -0.397 e. The van der Waals surface area contributed by atoms with E-state index in [0.717, 1.165) is 15.6 Å². The average Bonchev–Trinajstić information content (AvgIpc) is 2.79. The molecule has 3 rings (SSSR count). The Bertz CT molecular complexity index is 782. The molecule has 5 nitrogen and oxygen atoms in total. The van der Waals surface area contributed by atoms with Crippen molar-refractivity contribution in [2.75, 3.05) is 11.1 Å². The van der Waals surface area contributed by atoms with Crippen molar-refractivity contribution >= 4 is 38.7 Å². The molecule has 2 heterocycles. The third kappa shape index (κ3) is 2.10. The fourth-order valence-corrected chi connectivity index (χ4v) is 3.08. The number of amides is 1. The number of nitrogens with one attached hydrogen (secondary N) is 1. The van der Waals surface area contributed by atoms with Gasteiger partial charge in [0.2, 0.25) is 0 Å². The van der Waals surface area contributed by atoms with Gasteiger partial charge in [-0.05, 0) is 12.5 Å². The van der Waals surface area contributed by atoms with Crippen molar-refractivity contribution in [3.05, 3.63) is 47.4 Å². The fourth-order valence-electron chi connectivity index (χ4n) is 2.00. The van der Waals surface area contributed by atoms with Crippen LogP contribution in [0.2, 0.25) is 0 Å². The lowest BCUT2D eigenvalue weighted by Crippen LogP contribution is -2.12. The molecule has 0 aliphatic heterocycles. The molecule has 6 heteroatoms. The average molecular weight is 284 g/mol. The fraction of sp³-hybridized carbons (Fsp3) is 0.0714. The van der Waals surface area contributed by atoms with E-state index in [-0.39, 0.29) is 5.91 Å². The maximum Gasteiger partial charge on any atom is 0.267 e. The first-order valence-corrected chi connectivity index (χ1v) is 6.82. The molecule has 1 amide bonds. The van der Waals surface area contributed by atoms with Gasteiger partial charge in [-0.3, -0.25) is 4.79 Å². The molecule has 3 N–H and O–H groups in total. The van der Waals surface area contributed by atoms with Gasteiger partial charge in [-0.1, -0.05) is 18.2 Å². The smallest absolute Gasteiger partial charge is 0.267 e.